The van der Waals surface area contributed by atoms with Crippen molar-refractivity contribution in [1.82, 2.24) is 4.98 Å². The highest BCUT2D eigenvalue weighted by atomic mass is 127. The van der Waals surface area contributed by atoms with Crippen molar-refractivity contribution < 1.29 is 0 Å². The van der Waals surface area contributed by atoms with E-state index >= 15 is 0 Å². The van der Waals surface area contributed by atoms with Gasteiger partial charge in [-0.05, 0) is 46.9 Å². The first-order valence-electron chi connectivity index (χ1n) is 4.21. The van der Waals surface area contributed by atoms with Crippen molar-refractivity contribution >= 4 is 39.6 Å². The highest BCUT2D eigenvalue weighted by Crippen LogP contribution is 2.13. The van der Waals surface area contributed by atoms with Crippen molar-refractivity contribution in [3.63, 3.8) is 0 Å². The Hall–Kier alpha value is -0.620. The maximum absolute atomic E-state index is 4.03. The third-order valence-electron chi connectivity index (χ3n) is 1.79. The molecular weight excluding hydrogens is 307 g/mol. The van der Waals surface area contributed by atoms with Gasteiger partial charge in [0.05, 0.1) is 12.1 Å². The maximum atomic E-state index is 4.03. The first kappa shape index (κ1) is 9.92. The first-order valence-corrected chi connectivity index (χ1v) is 6.17. The molecule has 2 rings (SSSR count). The second-order valence-electron chi connectivity index (χ2n) is 2.83. The molecule has 0 aliphatic heterocycles. The summed E-state index contributed by atoms with van der Waals surface area (Å²) in [6.45, 7) is 0.852. The topological polar surface area (TPSA) is 24.9 Å². The predicted octanol–water partition coefficient (Wildman–Crippen LogP) is 3.36. The molecule has 0 bridgehead atoms. The van der Waals surface area contributed by atoms with E-state index in [1.165, 1.54) is 8.45 Å². The quantitative estimate of drug-likeness (QED) is 0.879. The second kappa shape index (κ2) is 4.75. The molecule has 14 heavy (non-hydrogen) atoms. The van der Waals surface area contributed by atoms with Gasteiger partial charge in [-0.15, -0.1) is 11.3 Å². The third-order valence-corrected chi connectivity index (χ3v) is 3.29. The summed E-state index contributed by atoms with van der Waals surface area (Å²) in [5.41, 5.74) is 3.00. The van der Waals surface area contributed by atoms with E-state index in [0.29, 0.717) is 0 Å². The summed E-state index contributed by atoms with van der Waals surface area (Å²) >= 11 is 3.97. The van der Waals surface area contributed by atoms with Crippen LogP contribution >= 0.6 is 33.9 Å². The SMILES string of the molecule is Ic1ccc(NCc2cncs2)cc1. The Morgan fingerprint density at radius 1 is 1.29 bits per heavy atom. The number of nitrogens with zero attached hydrogens (tertiary/aromatic N) is 1. The fraction of sp³-hybridized carbons (Fsp3) is 0.100. The number of anilines is 1. The van der Waals surface area contributed by atoms with E-state index in [1.54, 1.807) is 11.3 Å². The summed E-state index contributed by atoms with van der Waals surface area (Å²) in [6, 6.07) is 8.36. The molecule has 1 heterocycles. The van der Waals surface area contributed by atoms with Gasteiger partial charge in [-0.1, -0.05) is 0 Å². The van der Waals surface area contributed by atoms with Crippen LogP contribution in [0.5, 0.6) is 0 Å². The molecule has 0 atom stereocenters. The molecule has 1 aromatic carbocycles. The summed E-state index contributed by atoms with van der Waals surface area (Å²) in [5.74, 6) is 0. The highest BCUT2D eigenvalue weighted by molar-refractivity contribution is 14.1. The minimum atomic E-state index is 0.852. The van der Waals surface area contributed by atoms with E-state index < -0.39 is 0 Å². The van der Waals surface area contributed by atoms with E-state index in [1.807, 2.05) is 11.7 Å². The number of hydrogen-bond donors (Lipinski definition) is 1. The van der Waals surface area contributed by atoms with Crippen molar-refractivity contribution in [2.45, 2.75) is 6.54 Å². The van der Waals surface area contributed by atoms with E-state index in [2.05, 4.69) is 57.2 Å². The van der Waals surface area contributed by atoms with E-state index in [9.17, 15) is 0 Å². The van der Waals surface area contributed by atoms with Crippen LogP contribution in [0.4, 0.5) is 5.69 Å². The molecule has 2 nitrogen and oxygen atoms in total. The number of halogens is 1. The van der Waals surface area contributed by atoms with Crippen molar-refractivity contribution in [2.24, 2.45) is 0 Å². The van der Waals surface area contributed by atoms with Gasteiger partial charge < -0.3 is 5.32 Å². The predicted molar refractivity (Wildman–Crippen MR) is 68.6 cm³/mol. The molecule has 0 saturated heterocycles. The van der Waals surface area contributed by atoms with Crippen molar-refractivity contribution in [3.8, 4) is 0 Å². The summed E-state index contributed by atoms with van der Waals surface area (Å²) in [7, 11) is 0. The number of aromatic nitrogens is 1. The van der Waals surface area contributed by atoms with Gasteiger partial charge in [-0.3, -0.25) is 4.98 Å². The van der Waals surface area contributed by atoms with Crippen LogP contribution in [0.1, 0.15) is 4.88 Å². The fourth-order valence-electron chi connectivity index (χ4n) is 1.09. The summed E-state index contributed by atoms with van der Waals surface area (Å²) < 4.78 is 1.26. The van der Waals surface area contributed by atoms with Gasteiger partial charge in [0, 0.05) is 20.3 Å². The molecule has 0 aliphatic carbocycles. The van der Waals surface area contributed by atoms with E-state index in [0.717, 1.165) is 12.2 Å². The Kier molecular flexibility index (Phi) is 3.36. The molecule has 1 N–H and O–H groups in total. The lowest BCUT2D eigenvalue weighted by molar-refractivity contribution is 1.17. The lowest BCUT2D eigenvalue weighted by Gasteiger charge is -2.03. The second-order valence-corrected chi connectivity index (χ2v) is 5.04. The van der Waals surface area contributed by atoms with Crippen LogP contribution < -0.4 is 5.32 Å². The van der Waals surface area contributed by atoms with E-state index in [-0.39, 0.29) is 0 Å². The monoisotopic (exact) mass is 316 g/mol. The minimum Gasteiger partial charge on any atom is -0.380 e. The van der Waals surface area contributed by atoms with Crippen molar-refractivity contribution in [3.05, 3.63) is 44.4 Å². The largest absolute Gasteiger partial charge is 0.380 e. The van der Waals surface area contributed by atoms with Gasteiger partial charge >= 0.3 is 0 Å². The Bertz CT molecular complexity index is 383. The Balaban J connectivity index is 1.95. The van der Waals surface area contributed by atoms with Crippen LogP contribution in [0, 0.1) is 3.57 Å². The van der Waals surface area contributed by atoms with Gasteiger partial charge in [0.1, 0.15) is 0 Å². The van der Waals surface area contributed by atoms with Gasteiger partial charge in [-0.25, -0.2) is 0 Å². The first-order chi connectivity index (χ1) is 6.84. The average molecular weight is 316 g/mol. The molecule has 0 radical (unpaired) electrons. The van der Waals surface area contributed by atoms with Crippen LogP contribution in [0.2, 0.25) is 0 Å². The smallest absolute Gasteiger partial charge is 0.0794 e. The van der Waals surface area contributed by atoms with Gasteiger partial charge in [-0.2, -0.15) is 0 Å². The van der Waals surface area contributed by atoms with Gasteiger partial charge in [0.15, 0.2) is 0 Å². The Labute approximate surface area is 101 Å². The summed E-state index contributed by atoms with van der Waals surface area (Å²) in [6.07, 6.45) is 1.89. The molecule has 0 amide bonds. The molecular formula is C10H9IN2S. The van der Waals surface area contributed by atoms with Gasteiger partial charge in [0.2, 0.25) is 0 Å². The Morgan fingerprint density at radius 2 is 2.07 bits per heavy atom. The number of hydrogen-bond acceptors (Lipinski definition) is 3. The zero-order valence-corrected chi connectivity index (χ0v) is 10.4. The zero-order valence-electron chi connectivity index (χ0n) is 7.40. The lowest BCUT2D eigenvalue weighted by atomic mass is 10.3. The fourth-order valence-corrected chi connectivity index (χ4v) is 1.98. The molecule has 0 fully saturated rings. The van der Waals surface area contributed by atoms with Crippen molar-refractivity contribution in [1.29, 1.82) is 0 Å². The molecule has 0 saturated carbocycles. The standard InChI is InChI=1S/C10H9IN2S/c11-8-1-3-9(4-2-8)13-6-10-5-12-7-14-10/h1-5,7,13H,6H2. The van der Waals surface area contributed by atoms with Crippen LogP contribution in [0.25, 0.3) is 0 Å². The molecule has 2 aromatic rings. The van der Waals surface area contributed by atoms with Crippen LogP contribution in [0.3, 0.4) is 0 Å². The normalized spacial score (nSPS) is 10.1. The third kappa shape index (κ3) is 2.68. The molecule has 1 aromatic heterocycles. The zero-order chi connectivity index (χ0) is 9.80. The number of nitrogens with one attached hydrogen (secondary N) is 1. The lowest BCUT2D eigenvalue weighted by Crippen LogP contribution is -1.96. The van der Waals surface area contributed by atoms with Gasteiger partial charge in [0.25, 0.3) is 0 Å². The molecule has 0 unspecified atom stereocenters. The van der Waals surface area contributed by atoms with Crippen LogP contribution in [-0.4, -0.2) is 4.98 Å². The van der Waals surface area contributed by atoms with Crippen molar-refractivity contribution in [2.75, 3.05) is 5.32 Å². The molecule has 0 aliphatic rings. The summed E-state index contributed by atoms with van der Waals surface area (Å²) in [4.78, 5) is 5.28. The van der Waals surface area contributed by atoms with E-state index in [4.69, 9.17) is 0 Å². The number of thiazole rings is 1. The maximum Gasteiger partial charge on any atom is 0.0794 e. The number of rotatable bonds is 3. The number of benzene rings is 1. The molecule has 0 spiro atoms. The minimum absolute atomic E-state index is 0.852. The molecule has 72 valence electrons. The highest BCUT2D eigenvalue weighted by Gasteiger charge is 1.94. The van der Waals surface area contributed by atoms with Crippen LogP contribution in [0.15, 0.2) is 36.0 Å². The van der Waals surface area contributed by atoms with Crippen LogP contribution in [-0.2, 0) is 6.54 Å². The Morgan fingerprint density at radius 3 is 2.71 bits per heavy atom. The average Bonchev–Trinajstić information content (AvgIpc) is 2.70. The summed E-state index contributed by atoms with van der Waals surface area (Å²) in [5, 5.41) is 3.34. The molecule has 4 heteroatoms.